The average Bonchev–Trinajstić information content (AvgIpc) is 3.36. The Bertz CT molecular complexity index is 1140. The van der Waals surface area contributed by atoms with Crippen LogP contribution in [0.15, 0.2) is 36.4 Å². The Hall–Kier alpha value is -3.01. The highest BCUT2D eigenvalue weighted by Gasteiger charge is 2.55. The number of nitrogens with zero attached hydrogens (tertiary/aromatic N) is 2. The zero-order chi connectivity index (χ0) is 19.5. The van der Waals surface area contributed by atoms with Crippen molar-refractivity contribution in [2.75, 3.05) is 6.61 Å². The van der Waals surface area contributed by atoms with Gasteiger partial charge in [-0.05, 0) is 37.8 Å². The van der Waals surface area contributed by atoms with Crippen molar-refractivity contribution in [3.8, 4) is 23.5 Å². The van der Waals surface area contributed by atoms with Gasteiger partial charge in [0.2, 0.25) is 11.8 Å². The lowest BCUT2D eigenvalue weighted by molar-refractivity contribution is -0.0333. The first-order valence-corrected chi connectivity index (χ1v) is 9.49. The summed E-state index contributed by atoms with van der Waals surface area (Å²) in [7, 11) is 0. The largest absolute Gasteiger partial charge is 0.494 e. The van der Waals surface area contributed by atoms with Gasteiger partial charge in [0, 0.05) is 17.4 Å². The van der Waals surface area contributed by atoms with Crippen LogP contribution in [0.5, 0.6) is 11.8 Å². The van der Waals surface area contributed by atoms with Crippen molar-refractivity contribution in [3.05, 3.63) is 53.1 Å². The second-order valence-corrected chi connectivity index (χ2v) is 7.53. The van der Waals surface area contributed by atoms with Crippen LogP contribution in [0, 0.1) is 11.3 Å². The minimum absolute atomic E-state index is 0.0158. The first-order chi connectivity index (χ1) is 13.6. The fourth-order valence-electron chi connectivity index (χ4n) is 4.94. The summed E-state index contributed by atoms with van der Waals surface area (Å²) in [5.41, 5.74) is 1.80. The number of aliphatic hydroxyl groups excluding tert-OH is 1. The predicted octanol–water partition coefficient (Wildman–Crippen LogP) is 3.75. The minimum Gasteiger partial charge on any atom is -0.494 e. The lowest BCUT2D eigenvalue weighted by Crippen LogP contribution is -2.22. The molecule has 0 saturated carbocycles. The molecule has 5 rings (SSSR count). The van der Waals surface area contributed by atoms with Gasteiger partial charge in [0.1, 0.15) is 0 Å². The summed E-state index contributed by atoms with van der Waals surface area (Å²) < 4.78 is 7.62. The molecular formula is C22H20N2O4. The van der Waals surface area contributed by atoms with Gasteiger partial charge in [-0.2, -0.15) is 5.26 Å². The number of nitriles is 1. The Kier molecular flexibility index (Phi) is 3.66. The van der Waals surface area contributed by atoms with E-state index in [1.54, 1.807) is 12.1 Å². The van der Waals surface area contributed by atoms with E-state index in [4.69, 9.17) is 4.74 Å². The van der Waals surface area contributed by atoms with Crippen LogP contribution in [-0.2, 0) is 10.3 Å². The van der Waals surface area contributed by atoms with Crippen LogP contribution in [0.3, 0.4) is 0 Å². The van der Waals surface area contributed by atoms with E-state index in [0.717, 1.165) is 23.6 Å². The van der Waals surface area contributed by atoms with E-state index >= 15 is 0 Å². The molecule has 1 fully saturated rings. The van der Waals surface area contributed by atoms with E-state index in [-0.39, 0.29) is 24.5 Å². The predicted molar refractivity (Wildman–Crippen MR) is 102 cm³/mol. The van der Waals surface area contributed by atoms with E-state index in [9.17, 15) is 20.6 Å². The van der Waals surface area contributed by atoms with Crippen LogP contribution >= 0.6 is 0 Å². The second kappa shape index (κ2) is 5.99. The summed E-state index contributed by atoms with van der Waals surface area (Å²) >= 11 is 0. The van der Waals surface area contributed by atoms with Crippen molar-refractivity contribution in [3.63, 3.8) is 0 Å². The first-order valence-electron chi connectivity index (χ1n) is 9.49. The normalized spacial score (nSPS) is 22.5. The summed E-state index contributed by atoms with van der Waals surface area (Å²) in [4.78, 5) is 0. The molecule has 3 N–H and O–H groups in total. The van der Waals surface area contributed by atoms with Gasteiger partial charge >= 0.3 is 0 Å². The standard InChI is InChI=1S/C22H20N2O4/c23-12-13-6-7-16(15-5-2-1-4-14(13)15)24-20(26)18-17-8-10-22(28-17,9-3-11-25)19(18)21(24)27/h1-2,4-7,17,25-27H,3,8-11H2/t17-,22+/m1/s1. The van der Waals surface area contributed by atoms with E-state index in [2.05, 4.69) is 6.07 Å². The van der Waals surface area contributed by atoms with Gasteiger partial charge in [-0.3, -0.25) is 4.57 Å². The molecule has 3 aromatic rings. The van der Waals surface area contributed by atoms with Crippen molar-refractivity contribution in [2.24, 2.45) is 0 Å². The highest BCUT2D eigenvalue weighted by Crippen LogP contribution is 2.63. The summed E-state index contributed by atoms with van der Waals surface area (Å²) in [6, 6.07) is 13.1. The van der Waals surface area contributed by atoms with Gasteiger partial charge in [0.05, 0.1) is 40.2 Å². The smallest absolute Gasteiger partial charge is 0.205 e. The molecule has 2 atom stereocenters. The Balaban J connectivity index is 1.76. The quantitative estimate of drug-likeness (QED) is 0.644. The number of aromatic nitrogens is 1. The number of aromatic hydroxyl groups is 2. The van der Waals surface area contributed by atoms with Crippen LogP contribution in [0.25, 0.3) is 16.5 Å². The zero-order valence-electron chi connectivity index (χ0n) is 15.2. The van der Waals surface area contributed by atoms with Gasteiger partial charge in [-0.15, -0.1) is 0 Å². The van der Waals surface area contributed by atoms with Crippen molar-refractivity contribution < 1.29 is 20.1 Å². The van der Waals surface area contributed by atoms with E-state index in [1.807, 2.05) is 24.3 Å². The number of fused-ring (bicyclic) bond motifs is 6. The van der Waals surface area contributed by atoms with Crippen LogP contribution in [0.2, 0.25) is 0 Å². The molecule has 0 radical (unpaired) electrons. The van der Waals surface area contributed by atoms with E-state index < -0.39 is 5.60 Å². The van der Waals surface area contributed by atoms with Crippen molar-refractivity contribution in [2.45, 2.75) is 37.4 Å². The Morgan fingerprint density at radius 1 is 1.14 bits per heavy atom. The summed E-state index contributed by atoms with van der Waals surface area (Å²) in [5.74, 6) is -0.0413. The van der Waals surface area contributed by atoms with Gasteiger partial charge < -0.3 is 20.1 Å². The van der Waals surface area contributed by atoms with Crippen LogP contribution in [0.1, 0.15) is 48.5 Å². The molecule has 2 aliphatic rings. The Morgan fingerprint density at radius 3 is 2.68 bits per heavy atom. The molecule has 2 aliphatic heterocycles. The van der Waals surface area contributed by atoms with E-state index in [1.165, 1.54) is 4.57 Å². The highest BCUT2D eigenvalue weighted by molar-refractivity contribution is 5.95. The molecule has 2 aromatic carbocycles. The van der Waals surface area contributed by atoms with Gasteiger partial charge in [-0.1, -0.05) is 24.3 Å². The van der Waals surface area contributed by atoms with Gasteiger partial charge in [-0.25, -0.2) is 0 Å². The molecule has 3 heterocycles. The van der Waals surface area contributed by atoms with Crippen molar-refractivity contribution >= 4 is 10.8 Å². The molecular weight excluding hydrogens is 356 g/mol. The number of rotatable bonds is 4. The maximum absolute atomic E-state index is 11.2. The number of ether oxygens (including phenoxy) is 1. The lowest BCUT2D eigenvalue weighted by atomic mass is 9.81. The van der Waals surface area contributed by atoms with Gasteiger partial charge in [0.25, 0.3) is 0 Å². The second-order valence-electron chi connectivity index (χ2n) is 7.53. The molecule has 1 saturated heterocycles. The lowest BCUT2D eigenvalue weighted by Gasteiger charge is -2.25. The van der Waals surface area contributed by atoms with Crippen LogP contribution in [0.4, 0.5) is 0 Å². The molecule has 6 heteroatoms. The third-order valence-electron chi connectivity index (χ3n) is 6.11. The van der Waals surface area contributed by atoms with Crippen molar-refractivity contribution in [1.29, 1.82) is 5.26 Å². The van der Waals surface area contributed by atoms with Crippen LogP contribution < -0.4 is 0 Å². The van der Waals surface area contributed by atoms with E-state index in [0.29, 0.717) is 35.2 Å². The monoisotopic (exact) mass is 376 g/mol. The maximum atomic E-state index is 11.2. The molecule has 1 aromatic heterocycles. The molecule has 6 nitrogen and oxygen atoms in total. The molecule has 0 unspecified atom stereocenters. The third kappa shape index (κ3) is 2.09. The molecule has 0 spiro atoms. The molecule has 28 heavy (non-hydrogen) atoms. The van der Waals surface area contributed by atoms with Crippen molar-refractivity contribution in [1.82, 2.24) is 4.57 Å². The number of hydrogen-bond acceptors (Lipinski definition) is 5. The average molecular weight is 376 g/mol. The summed E-state index contributed by atoms with van der Waals surface area (Å²) in [6.07, 6.45) is 2.46. The third-order valence-corrected chi connectivity index (χ3v) is 6.11. The first kappa shape index (κ1) is 17.1. The van der Waals surface area contributed by atoms with Crippen LogP contribution in [-0.4, -0.2) is 26.5 Å². The zero-order valence-corrected chi connectivity index (χ0v) is 15.2. The topological polar surface area (TPSA) is 98.6 Å². The molecule has 2 bridgehead atoms. The minimum atomic E-state index is -0.655. The summed E-state index contributed by atoms with van der Waals surface area (Å²) in [5, 5.41) is 42.4. The maximum Gasteiger partial charge on any atom is 0.205 e. The number of benzene rings is 2. The molecule has 142 valence electrons. The van der Waals surface area contributed by atoms with Gasteiger partial charge in [0.15, 0.2) is 0 Å². The fourth-order valence-corrected chi connectivity index (χ4v) is 4.94. The Morgan fingerprint density at radius 2 is 1.93 bits per heavy atom. The SMILES string of the molecule is N#Cc1ccc(-n2c(O)c3c(c2O)[C@]2(CCCO)CC[C@H]3O2)c2ccccc12. The molecule has 0 amide bonds. The Labute approximate surface area is 161 Å². The summed E-state index contributed by atoms with van der Waals surface area (Å²) in [6.45, 7) is 0.0544. The molecule has 0 aliphatic carbocycles. The fraction of sp³-hybridized carbons (Fsp3) is 0.318. The highest BCUT2D eigenvalue weighted by atomic mass is 16.5. The number of aliphatic hydroxyl groups is 1. The number of hydrogen-bond donors (Lipinski definition) is 3.